The highest BCUT2D eigenvalue weighted by atomic mass is 19.1. The van der Waals surface area contributed by atoms with Crippen molar-refractivity contribution in [1.82, 2.24) is 10.2 Å². The Balaban J connectivity index is 1.70. The van der Waals surface area contributed by atoms with Gasteiger partial charge in [-0.1, -0.05) is 25.1 Å². The SMILES string of the molecule is CCNC(CN1CC2CCC(C1)O2)c1ccccc1F. The third-order valence-electron chi connectivity index (χ3n) is 4.29. The number of ether oxygens (including phenoxy) is 1. The lowest BCUT2D eigenvalue weighted by Gasteiger charge is -2.35. The molecule has 3 rings (SSSR count). The highest BCUT2D eigenvalue weighted by molar-refractivity contribution is 5.21. The van der Waals surface area contributed by atoms with Crippen molar-refractivity contribution in [3.8, 4) is 0 Å². The first-order chi connectivity index (χ1) is 9.76. The van der Waals surface area contributed by atoms with Gasteiger partial charge in [0.1, 0.15) is 5.82 Å². The number of morpholine rings is 1. The fourth-order valence-electron chi connectivity index (χ4n) is 3.38. The first-order valence-corrected chi connectivity index (χ1v) is 7.62. The molecule has 1 aromatic carbocycles. The third-order valence-corrected chi connectivity index (χ3v) is 4.29. The van der Waals surface area contributed by atoms with Crippen LogP contribution in [0, 0.1) is 5.82 Å². The third kappa shape index (κ3) is 3.03. The summed E-state index contributed by atoms with van der Waals surface area (Å²) in [4.78, 5) is 2.42. The molecule has 0 spiro atoms. The maximum atomic E-state index is 14.0. The van der Waals surface area contributed by atoms with E-state index in [0.29, 0.717) is 12.2 Å². The van der Waals surface area contributed by atoms with E-state index in [0.717, 1.165) is 31.7 Å². The predicted molar refractivity (Wildman–Crippen MR) is 77.2 cm³/mol. The fraction of sp³-hybridized carbons (Fsp3) is 0.625. The number of rotatable bonds is 5. The lowest BCUT2D eigenvalue weighted by molar-refractivity contribution is -0.0407. The van der Waals surface area contributed by atoms with Crippen molar-refractivity contribution in [3.05, 3.63) is 35.6 Å². The Bertz CT molecular complexity index is 442. The van der Waals surface area contributed by atoms with Crippen molar-refractivity contribution in [2.24, 2.45) is 0 Å². The van der Waals surface area contributed by atoms with Gasteiger partial charge in [-0.2, -0.15) is 0 Å². The van der Waals surface area contributed by atoms with Crippen LogP contribution in [0.2, 0.25) is 0 Å². The first-order valence-electron chi connectivity index (χ1n) is 7.62. The van der Waals surface area contributed by atoms with Crippen molar-refractivity contribution in [3.63, 3.8) is 0 Å². The maximum absolute atomic E-state index is 14.0. The molecule has 0 amide bonds. The predicted octanol–water partition coefficient (Wildman–Crippen LogP) is 2.34. The molecule has 3 atom stereocenters. The van der Waals surface area contributed by atoms with Gasteiger partial charge in [-0.15, -0.1) is 0 Å². The molecule has 2 saturated heterocycles. The van der Waals surface area contributed by atoms with Gasteiger partial charge in [-0.25, -0.2) is 4.39 Å². The van der Waals surface area contributed by atoms with Crippen LogP contribution in [-0.2, 0) is 4.74 Å². The lowest BCUT2D eigenvalue weighted by atomic mass is 10.0. The molecule has 110 valence electrons. The summed E-state index contributed by atoms with van der Waals surface area (Å²) in [6.45, 7) is 5.72. The second-order valence-electron chi connectivity index (χ2n) is 5.81. The summed E-state index contributed by atoms with van der Waals surface area (Å²) in [7, 11) is 0. The fourth-order valence-corrected chi connectivity index (χ4v) is 3.38. The van der Waals surface area contributed by atoms with Gasteiger partial charge in [0.15, 0.2) is 0 Å². The molecule has 2 fully saturated rings. The number of likely N-dealkylation sites (N-methyl/N-ethyl adjacent to an activating group) is 1. The van der Waals surface area contributed by atoms with Crippen LogP contribution < -0.4 is 5.32 Å². The molecule has 0 saturated carbocycles. The van der Waals surface area contributed by atoms with Crippen LogP contribution in [0.5, 0.6) is 0 Å². The number of nitrogens with one attached hydrogen (secondary N) is 1. The molecule has 20 heavy (non-hydrogen) atoms. The lowest BCUT2D eigenvalue weighted by Crippen LogP contribution is -2.46. The molecular formula is C16H23FN2O. The molecule has 2 bridgehead atoms. The Labute approximate surface area is 120 Å². The molecular weight excluding hydrogens is 255 g/mol. The van der Waals surface area contributed by atoms with Crippen LogP contribution in [0.25, 0.3) is 0 Å². The highest BCUT2D eigenvalue weighted by Crippen LogP contribution is 2.28. The Morgan fingerprint density at radius 2 is 2.00 bits per heavy atom. The van der Waals surface area contributed by atoms with Crippen LogP contribution in [0.3, 0.4) is 0 Å². The van der Waals surface area contributed by atoms with Gasteiger partial charge in [-0.05, 0) is 25.5 Å². The van der Waals surface area contributed by atoms with Gasteiger partial charge in [0.2, 0.25) is 0 Å². The number of halogens is 1. The number of hydrogen-bond donors (Lipinski definition) is 1. The monoisotopic (exact) mass is 278 g/mol. The summed E-state index contributed by atoms with van der Waals surface area (Å²) < 4.78 is 19.9. The molecule has 1 aromatic rings. The molecule has 2 aliphatic heterocycles. The minimum atomic E-state index is -0.116. The van der Waals surface area contributed by atoms with Crippen LogP contribution in [0.4, 0.5) is 4.39 Å². The number of fused-ring (bicyclic) bond motifs is 2. The standard InChI is InChI=1S/C16H23FN2O/c1-2-18-16(14-5-3-4-6-15(14)17)11-19-9-12-7-8-13(10-19)20-12/h3-6,12-13,16,18H,2,7-11H2,1H3. The van der Waals surface area contributed by atoms with Crippen molar-refractivity contribution in [1.29, 1.82) is 0 Å². The molecule has 0 aromatic heterocycles. The average molecular weight is 278 g/mol. The minimum Gasteiger partial charge on any atom is -0.372 e. The van der Waals surface area contributed by atoms with Crippen molar-refractivity contribution in [2.75, 3.05) is 26.2 Å². The van der Waals surface area contributed by atoms with E-state index >= 15 is 0 Å². The smallest absolute Gasteiger partial charge is 0.128 e. The van der Waals surface area contributed by atoms with Crippen molar-refractivity contribution < 1.29 is 9.13 Å². The number of hydrogen-bond acceptors (Lipinski definition) is 3. The van der Waals surface area contributed by atoms with Gasteiger partial charge < -0.3 is 10.1 Å². The summed E-state index contributed by atoms with van der Waals surface area (Å²) in [5, 5.41) is 3.41. The molecule has 3 nitrogen and oxygen atoms in total. The summed E-state index contributed by atoms with van der Waals surface area (Å²) in [6.07, 6.45) is 3.12. The average Bonchev–Trinajstić information content (AvgIpc) is 2.78. The minimum absolute atomic E-state index is 0.0544. The topological polar surface area (TPSA) is 24.5 Å². The van der Waals surface area contributed by atoms with E-state index in [2.05, 4.69) is 17.1 Å². The van der Waals surface area contributed by atoms with Crippen LogP contribution in [0.15, 0.2) is 24.3 Å². The number of likely N-dealkylation sites (tertiary alicyclic amines) is 1. The van der Waals surface area contributed by atoms with E-state index < -0.39 is 0 Å². The van der Waals surface area contributed by atoms with Crippen LogP contribution in [0.1, 0.15) is 31.4 Å². The largest absolute Gasteiger partial charge is 0.372 e. The zero-order valence-electron chi connectivity index (χ0n) is 12.0. The van der Waals surface area contributed by atoms with E-state index in [-0.39, 0.29) is 11.9 Å². The van der Waals surface area contributed by atoms with Crippen LogP contribution >= 0.6 is 0 Å². The second kappa shape index (κ2) is 6.20. The van der Waals surface area contributed by atoms with Crippen LogP contribution in [-0.4, -0.2) is 43.3 Å². The Kier molecular flexibility index (Phi) is 4.34. The van der Waals surface area contributed by atoms with Gasteiger partial charge in [0.25, 0.3) is 0 Å². The van der Waals surface area contributed by atoms with Gasteiger partial charge >= 0.3 is 0 Å². The summed E-state index contributed by atoms with van der Waals surface area (Å²) in [5.74, 6) is -0.116. The van der Waals surface area contributed by atoms with Gasteiger partial charge in [0, 0.05) is 31.2 Å². The highest BCUT2D eigenvalue weighted by Gasteiger charge is 2.34. The molecule has 3 unspecified atom stereocenters. The summed E-state index contributed by atoms with van der Waals surface area (Å²) >= 11 is 0. The normalized spacial score (nSPS) is 27.7. The quantitative estimate of drug-likeness (QED) is 0.894. The summed E-state index contributed by atoms with van der Waals surface area (Å²) in [5.41, 5.74) is 0.771. The van der Waals surface area contributed by atoms with E-state index in [4.69, 9.17) is 4.74 Å². The van der Waals surface area contributed by atoms with E-state index in [9.17, 15) is 4.39 Å². The summed E-state index contributed by atoms with van der Waals surface area (Å²) in [6, 6.07) is 7.14. The molecule has 2 aliphatic rings. The molecule has 2 heterocycles. The number of benzene rings is 1. The van der Waals surface area contributed by atoms with E-state index in [1.807, 2.05) is 12.1 Å². The Morgan fingerprint density at radius 3 is 2.65 bits per heavy atom. The molecule has 0 radical (unpaired) electrons. The van der Waals surface area contributed by atoms with E-state index in [1.165, 1.54) is 12.8 Å². The second-order valence-corrected chi connectivity index (χ2v) is 5.81. The zero-order chi connectivity index (χ0) is 13.9. The zero-order valence-corrected chi connectivity index (χ0v) is 12.0. The van der Waals surface area contributed by atoms with E-state index in [1.54, 1.807) is 12.1 Å². The Morgan fingerprint density at radius 1 is 1.30 bits per heavy atom. The molecule has 4 heteroatoms. The Hall–Kier alpha value is -0.970. The van der Waals surface area contributed by atoms with Gasteiger partial charge in [0.05, 0.1) is 12.2 Å². The van der Waals surface area contributed by atoms with Crippen molar-refractivity contribution >= 4 is 0 Å². The number of nitrogens with zero attached hydrogens (tertiary/aromatic N) is 1. The molecule has 0 aliphatic carbocycles. The maximum Gasteiger partial charge on any atom is 0.128 e. The van der Waals surface area contributed by atoms with Crippen molar-refractivity contribution in [2.45, 2.75) is 38.0 Å². The van der Waals surface area contributed by atoms with Gasteiger partial charge in [-0.3, -0.25) is 4.90 Å². The molecule has 1 N–H and O–H groups in total. The first kappa shape index (κ1) is 14.0.